The van der Waals surface area contributed by atoms with Crippen LogP contribution in [0, 0.1) is 18.3 Å². The maximum atomic E-state index is 5.24. The van der Waals surface area contributed by atoms with Crippen LogP contribution < -0.4 is 15.1 Å². The fraction of sp³-hybridized carbons (Fsp3) is 0.320. The van der Waals surface area contributed by atoms with E-state index in [0.717, 1.165) is 29.4 Å². The highest BCUT2D eigenvalue weighted by molar-refractivity contribution is 5.71. The zero-order valence-electron chi connectivity index (χ0n) is 18.1. The van der Waals surface area contributed by atoms with E-state index in [0.29, 0.717) is 0 Å². The van der Waals surface area contributed by atoms with Crippen LogP contribution >= 0.6 is 0 Å². The third kappa shape index (κ3) is 5.29. The van der Waals surface area contributed by atoms with Gasteiger partial charge in [-0.1, -0.05) is 57.2 Å². The molecule has 0 aliphatic carbocycles. The molecule has 1 aliphatic rings. The average Bonchev–Trinajstić information content (AvgIpc) is 2.68. The van der Waals surface area contributed by atoms with Gasteiger partial charge in [0.2, 0.25) is 0 Å². The first-order valence-corrected chi connectivity index (χ1v) is 9.97. The van der Waals surface area contributed by atoms with Crippen molar-refractivity contribution in [2.45, 2.75) is 34.1 Å². The third-order valence-corrected chi connectivity index (χ3v) is 5.07. The van der Waals surface area contributed by atoms with Gasteiger partial charge >= 0.3 is 0 Å². The van der Waals surface area contributed by atoms with Gasteiger partial charge in [-0.3, -0.25) is 0 Å². The predicted octanol–water partition coefficient (Wildman–Crippen LogP) is 5.66. The molecule has 1 atom stereocenters. The van der Waals surface area contributed by atoms with E-state index in [2.05, 4.69) is 82.1 Å². The standard InChI is InChI=1S/C25H31N3O/c1-18-7-11-22(12-8-18)28-24(16-21(17-26-28)25(3,4)5)27-19(2)15-20-9-13-23(29-6)14-10-20/h7-14,16-17,21,27H,2,15H2,1,3-6H3. The second-order valence-corrected chi connectivity index (χ2v) is 8.61. The number of allylic oxidation sites excluding steroid dienone is 2. The number of aryl methyl sites for hydroxylation is 1. The summed E-state index contributed by atoms with van der Waals surface area (Å²) < 4.78 is 5.24. The lowest BCUT2D eigenvalue weighted by atomic mass is 9.81. The van der Waals surface area contributed by atoms with E-state index >= 15 is 0 Å². The molecule has 29 heavy (non-hydrogen) atoms. The van der Waals surface area contributed by atoms with E-state index in [-0.39, 0.29) is 11.3 Å². The summed E-state index contributed by atoms with van der Waals surface area (Å²) in [5.74, 6) is 2.03. The normalized spacial score (nSPS) is 16.4. The van der Waals surface area contributed by atoms with E-state index in [1.165, 1.54) is 11.1 Å². The quantitative estimate of drug-likeness (QED) is 0.693. The molecule has 4 heteroatoms. The van der Waals surface area contributed by atoms with E-state index in [9.17, 15) is 0 Å². The Hall–Kier alpha value is -3.01. The number of hydrogen-bond acceptors (Lipinski definition) is 4. The first kappa shape index (κ1) is 20.7. The topological polar surface area (TPSA) is 36.9 Å². The molecular weight excluding hydrogens is 358 g/mol. The van der Waals surface area contributed by atoms with Crippen molar-refractivity contribution < 1.29 is 4.74 Å². The van der Waals surface area contributed by atoms with E-state index in [4.69, 9.17) is 9.84 Å². The second-order valence-electron chi connectivity index (χ2n) is 8.61. The number of methoxy groups -OCH3 is 1. The molecule has 0 saturated carbocycles. The second kappa shape index (κ2) is 8.56. The van der Waals surface area contributed by atoms with Crippen LogP contribution in [-0.2, 0) is 6.42 Å². The molecule has 1 N–H and O–H groups in total. The fourth-order valence-electron chi connectivity index (χ4n) is 3.16. The lowest BCUT2D eigenvalue weighted by Gasteiger charge is -2.33. The summed E-state index contributed by atoms with van der Waals surface area (Å²) in [4.78, 5) is 0. The average molecular weight is 390 g/mol. The van der Waals surface area contributed by atoms with E-state index < -0.39 is 0 Å². The Bertz CT molecular complexity index is 903. The highest BCUT2D eigenvalue weighted by Gasteiger charge is 2.27. The molecule has 0 bridgehead atoms. The van der Waals surface area contributed by atoms with Crippen molar-refractivity contribution >= 4 is 11.9 Å². The molecule has 3 rings (SSSR count). The highest BCUT2D eigenvalue weighted by atomic mass is 16.5. The Morgan fingerprint density at radius 1 is 1.10 bits per heavy atom. The van der Waals surface area contributed by atoms with E-state index in [1.54, 1.807) is 7.11 Å². The summed E-state index contributed by atoms with van der Waals surface area (Å²) in [5, 5.41) is 10.2. The summed E-state index contributed by atoms with van der Waals surface area (Å²) in [7, 11) is 1.68. The summed E-state index contributed by atoms with van der Waals surface area (Å²) >= 11 is 0. The minimum atomic E-state index is 0.0904. The summed E-state index contributed by atoms with van der Waals surface area (Å²) in [6, 6.07) is 16.5. The van der Waals surface area contributed by atoms with Gasteiger partial charge in [0, 0.05) is 24.3 Å². The van der Waals surface area contributed by atoms with Crippen LogP contribution in [-0.4, -0.2) is 13.3 Å². The minimum Gasteiger partial charge on any atom is -0.497 e. The van der Waals surface area contributed by atoms with Crippen LogP contribution in [0.4, 0.5) is 5.69 Å². The molecule has 0 radical (unpaired) electrons. The van der Waals surface area contributed by atoms with Crippen molar-refractivity contribution in [3.05, 3.63) is 83.8 Å². The third-order valence-electron chi connectivity index (χ3n) is 5.07. The molecule has 0 saturated heterocycles. The van der Waals surface area contributed by atoms with Gasteiger partial charge in [-0.25, -0.2) is 5.01 Å². The molecule has 0 spiro atoms. The van der Waals surface area contributed by atoms with Gasteiger partial charge in [0.25, 0.3) is 0 Å². The van der Waals surface area contributed by atoms with Gasteiger partial charge in [0.1, 0.15) is 11.6 Å². The van der Waals surface area contributed by atoms with Gasteiger partial charge in [0.05, 0.1) is 12.8 Å². The molecule has 0 aromatic heterocycles. The number of nitrogens with zero attached hydrogens (tertiary/aromatic N) is 2. The number of ether oxygens (including phenoxy) is 1. The number of benzene rings is 2. The maximum absolute atomic E-state index is 5.24. The van der Waals surface area contributed by atoms with Crippen molar-refractivity contribution in [3.63, 3.8) is 0 Å². The van der Waals surface area contributed by atoms with Crippen molar-refractivity contribution in [1.82, 2.24) is 5.32 Å². The molecule has 1 aliphatic heterocycles. The zero-order chi connectivity index (χ0) is 21.0. The molecule has 1 unspecified atom stereocenters. The number of hydrazone groups is 1. The molecular formula is C25H31N3O. The van der Waals surface area contributed by atoms with Crippen LogP contribution in [0.2, 0.25) is 0 Å². The van der Waals surface area contributed by atoms with Crippen molar-refractivity contribution in [2.75, 3.05) is 12.1 Å². The van der Waals surface area contributed by atoms with Crippen LogP contribution in [0.15, 0.2) is 77.8 Å². The van der Waals surface area contributed by atoms with Crippen LogP contribution in [0.25, 0.3) is 0 Å². The largest absolute Gasteiger partial charge is 0.497 e. The molecule has 152 valence electrons. The Morgan fingerprint density at radius 2 is 1.76 bits per heavy atom. The Balaban J connectivity index is 1.80. The molecule has 0 amide bonds. The smallest absolute Gasteiger partial charge is 0.128 e. The zero-order valence-corrected chi connectivity index (χ0v) is 18.1. The maximum Gasteiger partial charge on any atom is 0.128 e. The Labute approximate surface area is 174 Å². The number of hydrogen-bond donors (Lipinski definition) is 1. The fourth-order valence-corrected chi connectivity index (χ4v) is 3.16. The summed E-state index contributed by atoms with van der Waals surface area (Å²) in [6.45, 7) is 13.0. The Morgan fingerprint density at radius 3 is 2.34 bits per heavy atom. The summed E-state index contributed by atoms with van der Waals surface area (Å²) in [6.07, 6.45) is 5.00. The van der Waals surface area contributed by atoms with Crippen molar-refractivity contribution in [2.24, 2.45) is 16.4 Å². The number of anilines is 1. The Kier molecular flexibility index (Phi) is 6.12. The molecule has 2 aromatic carbocycles. The van der Waals surface area contributed by atoms with Crippen molar-refractivity contribution in [1.29, 1.82) is 0 Å². The molecule has 4 nitrogen and oxygen atoms in total. The monoisotopic (exact) mass is 389 g/mol. The van der Waals surface area contributed by atoms with E-state index in [1.807, 2.05) is 23.4 Å². The molecule has 0 fully saturated rings. The number of rotatable bonds is 6. The van der Waals surface area contributed by atoms with Crippen LogP contribution in [0.1, 0.15) is 31.9 Å². The van der Waals surface area contributed by atoms with Crippen LogP contribution in [0.3, 0.4) is 0 Å². The minimum absolute atomic E-state index is 0.0904. The van der Waals surface area contributed by atoms with Gasteiger partial charge < -0.3 is 10.1 Å². The predicted molar refractivity (Wildman–Crippen MR) is 122 cm³/mol. The van der Waals surface area contributed by atoms with Gasteiger partial charge in [-0.05, 0) is 48.2 Å². The molecule has 2 aromatic rings. The SMILES string of the molecule is C=C(Cc1ccc(OC)cc1)NC1=CC(C(C)(C)C)C=NN1c1ccc(C)cc1. The molecule has 1 heterocycles. The van der Waals surface area contributed by atoms with Gasteiger partial charge in [0.15, 0.2) is 0 Å². The highest BCUT2D eigenvalue weighted by Crippen LogP contribution is 2.31. The number of nitrogens with one attached hydrogen (secondary N) is 1. The lowest BCUT2D eigenvalue weighted by molar-refractivity contribution is 0.360. The van der Waals surface area contributed by atoms with Gasteiger partial charge in [-0.2, -0.15) is 5.10 Å². The van der Waals surface area contributed by atoms with Crippen molar-refractivity contribution in [3.8, 4) is 5.75 Å². The lowest BCUT2D eigenvalue weighted by Crippen LogP contribution is -2.34. The van der Waals surface area contributed by atoms with Gasteiger partial charge in [-0.15, -0.1) is 0 Å². The first-order valence-electron chi connectivity index (χ1n) is 9.97. The first-order chi connectivity index (χ1) is 13.8. The summed E-state index contributed by atoms with van der Waals surface area (Å²) in [5.41, 5.74) is 4.44. The van der Waals surface area contributed by atoms with Crippen LogP contribution in [0.5, 0.6) is 5.75 Å².